The standard InChI is InChI=1S/C13H12IN/c1-10-6-8-11(9-7-10)15-13-5-3-2-4-12(13)14/h2-9,15H,1H3. The molecule has 0 saturated carbocycles. The predicted octanol–water partition coefficient (Wildman–Crippen LogP) is 4.34. The van der Waals surface area contributed by atoms with Crippen molar-refractivity contribution in [3.05, 3.63) is 57.7 Å². The number of aryl methyl sites for hydroxylation is 1. The predicted molar refractivity (Wildman–Crippen MR) is 73.6 cm³/mol. The van der Waals surface area contributed by atoms with Gasteiger partial charge in [0, 0.05) is 9.26 Å². The molecule has 0 heterocycles. The van der Waals surface area contributed by atoms with E-state index in [4.69, 9.17) is 0 Å². The number of para-hydroxylation sites is 1. The third-order valence-electron chi connectivity index (χ3n) is 2.20. The Morgan fingerprint density at radius 2 is 1.60 bits per heavy atom. The second-order valence-electron chi connectivity index (χ2n) is 3.47. The van der Waals surface area contributed by atoms with Crippen molar-refractivity contribution in [3.8, 4) is 0 Å². The fourth-order valence-corrected chi connectivity index (χ4v) is 1.88. The highest BCUT2D eigenvalue weighted by Crippen LogP contribution is 2.22. The maximum absolute atomic E-state index is 3.39. The highest BCUT2D eigenvalue weighted by molar-refractivity contribution is 14.1. The summed E-state index contributed by atoms with van der Waals surface area (Å²) in [6.07, 6.45) is 0. The van der Waals surface area contributed by atoms with Crippen LogP contribution in [0, 0.1) is 10.5 Å². The molecule has 2 aromatic carbocycles. The molecule has 0 aliphatic rings. The van der Waals surface area contributed by atoms with Crippen LogP contribution in [0.2, 0.25) is 0 Å². The normalized spacial score (nSPS) is 10.0. The second-order valence-corrected chi connectivity index (χ2v) is 4.63. The number of benzene rings is 2. The van der Waals surface area contributed by atoms with E-state index in [9.17, 15) is 0 Å². The maximum Gasteiger partial charge on any atom is 0.0519 e. The van der Waals surface area contributed by atoms with Crippen molar-refractivity contribution < 1.29 is 0 Å². The van der Waals surface area contributed by atoms with Gasteiger partial charge >= 0.3 is 0 Å². The van der Waals surface area contributed by atoms with E-state index in [0.29, 0.717) is 0 Å². The lowest BCUT2D eigenvalue weighted by Gasteiger charge is -2.08. The van der Waals surface area contributed by atoms with Crippen molar-refractivity contribution in [2.75, 3.05) is 5.32 Å². The zero-order valence-corrected chi connectivity index (χ0v) is 10.7. The van der Waals surface area contributed by atoms with Crippen LogP contribution in [0.15, 0.2) is 48.5 Å². The summed E-state index contributed by atoms with van der Waals surface area (Å²) in [7, 11) is 0. The third-order valence-corrected chi connectivity index (χ3v) is 3.15. The lowest BCUT2D eigenvalue weighted by atomic mass is 10.2. The van der Waals surface area contributed by atoms with Crippen molar-refractivity contribution in [3.63, 3.8) is 0 Å². The van der Waals surface area contributed by atoms with Gasteiger partial charge in [-0.15, -0.1) is 0 Å². The summed E-state index contributed by atoms with van der Waals surface area (Å²) in [6, 6.07) is 16.7. The second kappa shape index (κ2) is 4.66. The van der Waals surface area contributed by atoms with Gasteiger partial charge in [0.05, 0.1) is 5.69 Å². The van der Waals surface area contributed by atoms with Crippen molar-refractivity contribution in [2.24, 2.45) is 0 Å². The van der Waals surface area contributed by atoms with Gasteiger partial charge in [0.1, 0.15) is 0 Å². The lowest BCUT2D eigenvalue weighted by molar-refractivity contribution is 1.45. The Morgan fingerprint density at radius 1 is 0.933 bits per heavy atom. The van der Waals surface area contributed by atoms with Crippen LogP contribution in [0.3, 0.4) is 0 Å². The molecule has 2 heteroatoms. The molecule has 15 heavy (non-hydrogen) atoms. The summed E-state index contributed by atoms with van der Waals surface area (Å²) in [5, 5.41) is 3.39. The van der Waals surface area contributed by atoms with Crippen LogP contribution in [-0.2, 0) is 0 Å². The van der Waals surface area contributed by atoms with Crippen LogP contribution in [0.5, 0.6) is 0 Å². The van der Waals surface area contributed by atoms with E-state index >= 15 is 0 Å². The molecule has 0 fully saturated rings. The Bertz CT molecular complexity index is 448. The summed E-state index contributed by atoms with van der Waals surface area (Å²) in [5.74, 6) is 0. The molecule has 0 amide bonds. The minimum atomic E-state index is 1.13. The Balaban J connectivity index is 2.22. The largest absolute Gasteiger partial charge is 0.355 e. The maximum atomic E-state index is 3.39. The lowest BCUT2D eigenvalue weighted by Crippen LogP contribution is -1.92. The van der Waals surface area contributed by atoms with Crippen molar-refractivity contribution >= 4 is 34.0 Å². The molecular weight excluding hydrogens is 297 g/mol. The first-order valence-corrected chi connectivity index (χ1v) is 5.92. The Labute approximate surface area is 104 Å². The molecule has 0 aliphatic heterocycles. The van der Waals surface area contributed by atoms with Crippen molar-refractivity contribution in [1.29, 1.82) is 0 Å². The van der Waals surface area contributed by atoms with Crippen molar-refractivity contribution in [1.82, 2.24) is 0 Å². The highest BCUT2D eigenvalue weighted by atomic mass is 127. The monoisotopic (exact) mass is 309 g/mol. The van der Waals surface area contributed by atoms with Gasteiger partial charge in [-0.3, -0.25) is 0 Å². The zero-order chi connectivity index (χ0) is 10.7. The molecule has 0 atom stereocenters. The van der Waals surface area contributed by atoms with Crippen LogP contribution in [0.1, 0.15) is 5.56 Å². The summed E-state index contributed by atoms with van der Waals surface area (Å²) in [6.45, 7) is 2.09. The summed E-state index contributed by atoms with van der Waals surface area (Å²) in [4.78, 5) is 0. The summed E-state index contributed by atoms with van der Waals surface area (Å²) in [5.41, 5.74) is 3.56. The molecule has 1 nitrogen and oxygen atoms in total. The van der Waals surface area contributed by atoms with Crippen LogP contribution in [0.4, 0.5) is 11.4 Å². The molecule has 0 radical (unpaired) electrons. The molecule has 0 aliphatic carbocycles. The van der Waals surface area contributed by atoms with Gasteiger partial charge in [0.25, 0.3) is 0 Å². The minimum absolute atomic E-state index is 1.13. The van der Waals surface area contributed by atoms with Gasteiger partial charge in [0.15, 0.2) is 0 Å². The minimum Gasteiger partial charge on any atom is -0.355 e. The van der Waals surface area contributed by atoms with Crippen LogP contribution >= 0.6 is 22.6 Å². The van der Waals surface area contributed by atoms with Gasteiger partial charge in [-0.1, -0.05) is 29.8 Å². The smallest absolute Gasteiger partial charge is 0.0519 e. The van der Waals surface area contributed by atoms with Crippen LogP contribution in [-0.4, -0.2) is 0 Å². The average Bonchev–Trinajstić information content (AvgIpc) is 2.25. The topological polar surface area (TPSA) is 12.0 Å². The molecule has 0 saturated heterocycles. The summed E-state index contributed by atoms with van der Waals surface area (Å²) >= 11 is 2.33. The molecule has 1 N–H and O–H groups in total. The van der Waals surface area contributed by atoms with Gasteiger partial charge < -0.3 is 5.32 Å². The molecule has 0 aromatic heterocycles. The molecule has 2 rings (SSSR count). The Morgan fingerprint density at radius 3 is 2.27 bits per heavy atom. The van der Waals surface area contributed by atoms with E-state index < -0.39 is 0 Å². The molecule has 2 aromatic rings. The zero-order valence-electron chi connectivity index (χ0n) is 8.50. The first-order chi connectivity index (χ1) is 7.25. The molecular formula is C13H12IN. The van der Waals surface area contributed by atoms with Gasteiger partial charge in [-0.25, -0.2) is 0 Å². The molecule has 0 unspecified atom stereocenters. The first kappa shape index (κ1) is 10.5. The fourth-order valence-electron chi connectivity index (χ4n) is 1.35. The van der Waals surface area contributed by atoms with E-state index in [-0.39, 0.29) is 0 Å². The van der Waals surface area contributed by atoms with Crippen LogP contribution in [0.25, 0.3) is 0 Å². The van der Waals surface area contributed by atoms with E-state index in [0.717, 1.165) is 11.4 Å². The number of anilines is 2. The van der Waals surface area contributed by atoms with E-state index in [1.165, 1.54) is 9.13 Å². The van der Waals surface area contributed by atoms with Gasteiger partial charge in [-0.2, -0.15) is 0 Å². The van der Waals surface area contributed by atoms with Crippen LogP contribution < -0.4 is 5.32 Å². The van der Waals surface area contributed by atoms with Crippen molar-refractivity contribution in [2.45, 2.75) is 6.92 Å². The van der Waals surface area contributed by atoms with Gasteiger partial charge in [0.2, 0.25) is 0 Å². The molecule has 0 spiro atoms. The van der Waals surface area contributed by atoms with E-state index in [1.54, 1.807) is 0 Å². The van der Waals surface area contributed by atoms with E-state index in [2.05, 4.69) is 71.2 Å². The van der Waals surface area contributed by atoms with E-state index in [1.807, 2.05) is 12.1 Å². The number of rotatable bonds is 2. The Kier molecular flexibility index (Phi) is 3.26. The number of hydrogen-bond donors (Lipinski definition) is 1. The molecule has 0 bridgehead atoms. The summed E-state index contributed by atoms with van der Waals surface area (Å²) < 4.78 is 1.23. The SMILES string of the molecule is Cc1ccc(Nc2ccccc2I)cc1. The number of hydrogen-bond acceptors (Lipinski definition) is 1. The number of halogens is 1. The van der Waals surface area contributed by atoms with Gasteiger partial charge in [-0.05, 0) is 53.8 Å². The molecule has 76 valence electrons. The quantitative estimate of drug-likeness (QED) is 0.814. The Hall–Kier alpha value is -1.03. The third kappa shape index (κ3) is 2.72. The highest BCUT2D eigenvalue weighted by Gasteiger charge is 1.97. The fraction of sp³-hybridized carbons (Fsp3) is 0.0769. The average molecular weight is 309 g/mol. The number of nitrogens with one attached hydrogen (secondary N) is 1. The first-order valence-electron chi connectivity index (χ1n) is 4.84.